The van der Waals surface area contributed by atoms with Gasteiger partial charge in [-0.05, 0) is 36.8 Å². The molecule has 142 valence electrons. The molecule has 2 aliphatic carbocycles. The molecule has 0 spiro atoms. The van der Waals surface area contributed by atoms with E-state index in [-0.39, 0.29) is 0 Å². The summed E-state index contributed by atoms with van der Waals surface area (Å²) in [7, 11) is 0. The number of para-hydroxylation sites is 1. The average Bonchev–Trinajstić information content (AvgIpc) is 2.72. The summed E-state index contributed by atoms with van der Waals surface area (Å²) in [5.41, 5.74) is 5.91. The fraction of sp³-hybridized carbons (Fsp3) is 0.636. The fourth-order valence-corrected chi connectivity index (χ4v) is 4.42. The van der Waals surface area contributed by atoms with Crippen molar-refractivity contribution in [3.05, 3.63) is 30.3 Å². The standard InChI is InChI=1S/C22H33N3O/c26-25-22(17-19-12-6-2-7-13-19)21(16-18-10-4-1-5-11-18)24-23-20-14-8-3-9-15-20/h3,8-9,14-15,18-19,23,26H,1-2,4-7,10-13,16-17H2/b24-21+,25-22-. The highest BCUT2D eigenvalue weighted by molar-refractivity contribution is 6.42. The van der Waals surface area contributed by atoms with E-state index >= 15 is 0 Å². The molecule has 0 bridgehead atoms. The van der Waals surface area contributed by atoms with Crippen LogP contribution in [-0.4, -0.2) is 16.6 Å². The molecule has 0 amide bonds. The van der Waals surface area contributed by atoms with Crippen molar-refractivity contribution in [1.29, 1.82) is 0 Å². The lowest BCUT2D eigenvalue weighted by molar-refractivity contribution is 0.312. The minimum atomic E-state index is 0.642. The molecule has 4 heteroatoms. The van der Waals surface area contributed by atoms with Crippen molar-refractivity contribution in [2.45, 2.75) is 77.0 Å². The van der Waals surface area contributed by atoms with Gasteiger partial charge in [0.05, 0.1) is 11.4 Å². The Morgan fingerprint density at radius 2 is 1.35 bits per heavy atom. The third-order valence-electron chi connectivity index (χ3n) is 5.96. The maximum absolute atomic E-state index is 9.73. The van der Waals surface area contributed by atoms with E-state index in [2.05, 4.69) is 10.6 Å². The van der Waals surface area contributed by atoms with E-state index in [1.54, 1.807) is 0 Å². The number of rotatable bonds is 7. The molecule has 0 radical (unpaired) electrons. The van der Waals surface area contributed by atoms with Gasteiger partial charge in [0.15, 0.2) is 0 Å². The first-order valence-electron chi connectivity index (χ1n) is 10.4. The van der Waals surface area contributed by atoms with E-state index in [1.165, 1.54) is 64.2 Å². The van der Waals surface area contributed by atoms with Gasteiger partial charge < -0.3 is 5.21 Å². The van der Waals surface area contributed by atoms with Crippen LogP contribution in [0.5, 0.6) is 0 Å². The smallest absolute Gasteiger partial charge is 0.103 e. The number of hydrogen-bond acceptors (Lipinski definition) is 4. The van der Waals surface area contributed by atoms with Crippen molar-refractivity contribution in [3.63, 3.8) is 0 Å². The molecule has 1 aromatic carbocycles. The van der Waals surface area contributed by atoms with Crippen LogP contribution in [0.1, 0.15) is 77.0 Å². The summed E-state index contributed by atoms with van der Waals surface area (Å²) in [6, 6.07) is 10.0. The number of nitrogens with one attached hydrogen (secondary N) is 1. The number of nitrogens with zero attached hydrogens (tertiary/aromatic N) is 2. The van der Waals surface area contributed by atoms with E-state index < -0.39 is 0 Å². The van der Waals surface area contributed by atoms with Crippen LogP contribution in [0.3, 0.4) is 0 Å². The zero-order chi connectivity index (χ0) is 18.0. The molecule has 26 heavy (non-hydrogen) atoms. The van der Waals surface area contributed by atoms with Crippen molar-refractivity contribution in [1.82, 2.24) is 0 Å². The summed E-state index contributed by atoms with van der Waals surface area (Å²) >= 11 is 0. The molecule has 1 aromatic rings. The van der Waals surface area contributed by atoms with Crippen LogP contribution in [0.4, 0.5) is 5.69 Å². The van der Waals surface area contributed by atoms with Crippen LogP contribution >= 0.6 is 0 Å². The molecule has 2 N–H and O–H groups in total. The highest BCUT2D eigenvalue weighted by Gasteiger charge is 2.23. The lowest BCUT2D eigenvalue weighted by atomic mass is 9.81. The minimum absolute atomic E-state index is 0.642. The fourth-order valence-electron chi connectivity index (χ4n) is 4.42. The molecule has 2 saturated carbocycles. The molecule has 3 rings (SSSR count). The first kappa shape index (κ1) is 18.9. The van der Waals surface area contributed by atoms with E-state index in [4.69, 9.17) is 5.10 Å². The molecule has 2 aliphatic rings. The molecular weight excluding hydrogens is 322 g/mol. The number of hydrogen-bond donors (Lipinski definition) is 2. The van der Waals surface area contributed by atoms with Gasteiger partial charge in [0.1, 0.15) is 5.71 Å². The summed E-state index contributed by atoms with van der Waals surface area (Å²) < 4.78 is 0. The summed E-state index contributed by atoms with van der Waals surface area (Å²) in [6.07, 6.45) is 14.8. The molecule has 0 saturated heterocycles. The Labute approximate surface area is 157 Å². The highest BCUT2D eigenvalue weighted by atomic mass is 16.4. The quantitative estimate of drug-likeness (QED) is 0.346. The third kappa shape index (κ3) is 5.86. The number of benzene rings is 1. The second-order valence-corrected chi connectivity index (χ2v) is 8.00. The van der Waals surface area contributed by atoms with Gasteiger partial charge >= 0.3 is 0 Å². The second-order valence-electron chi connectivity index (χ2n) is 8.00. The van der Waals surface area contributed by atoms with Gasteiger partial charge in [-0.3, -0.25) is 5.43 Å². The van der Waals surface area contributed by atoms with Crippen LogP contribution in [0, 0.1) is 11.8 Å². The summed E-state index contributed by atoms with van der Waals surface area (Å²) in [5, 5.41) is 18.1. The Hall–Kier alpha value is -1.84. The Kier molecular flexibility index (Phi) is 7.53. The molecule has 0 aliphatic heterocycles. The van der Waals surface area contributed by atoms with Gasteiger partial charge in [-0.2, -0.15) is 5.10 Å². The van der Waals surface area contributed by atoms with Crippen molar-refractivity contribution < 1.29 is 5.21 Å². The van der Waals surface area contributed by atoms with Crippen molar-refractivity contribution in [2.24, 2.45) is 22.1 Å². The van der Waals surface area contributed by atoms with E-state index in [0.29, 0.717) is 11.8 Å². The molecule has 0 heterocycles. The third-order valence-corrected chi connectivity index (χ3v) is 5.96. The maximum Gasteiger partial charge on any atom is 0.103 e. The van der Waals surface area contributed by atoms with Gasteiger partial charge in [-0.15, -0.1) is 0 Å². The van der Waals surface area contributed by atoms with Gasteiger partial charge in [-0.25, -0.2) is 0 Å². The molecule has 0 atom stereocenters. The van der Waals surface area contributed by atoms with Gasteiger partial charge in [0, 0.05) is 0 Å². The summed E-state index contributed by atoms with van der Waals surface area (Å²) in [4.78, 5) is 0. The Balaban J connectivity index is 1.70. The predicted octanol–water partition coefficient (Wildman–Crippen LogP) is 6.23. The van der Waals surface area contributed by atoms with Crippen LogP contribution in [0.25, 0.3) is 0 Å². The topological polar surface area (TPSA) is 57.0 Å². The zero-order valence-electron chi connectivity index (χ0n) is 15.9. The zero-order valence-corrected chi connectivity index (χ0v) is 15.9. The normalized spacial score (nSPS) is 20.9. The number of oxime groups is 1. The second kappa shape index (κ2) is 10.3. The van der Waals surface area contributed by atoms with Crippen molar-refractivity contribution in [2.75, 3.05) is 5.43 Å². The van der Waals surface area contributed by atoms with Crippen LogP contribution in [0.15, 0.2) is 40.6 Å². The Morgan fingerprint density at radius 1 is 0.808 bits per heavy atom. The number of hydrazone groups is 1. The largest absolute Gasteiger partial charge is 0.411 e. The molecule has 2 fully saturated rings. The SMILES string of the molecule is O/N=C(CC1CCCCC1)\C(CC1CCCCC1)=N\Nc1ccccc1. The van der Waals surface area contributed by atoms with E-state index in [0.717, 1.165) is 30.0 Å². The van der Waals surface area contributed by atoms with Crippen molar-refractivity contribution in [3.8, 4) is 0 Å². The average molecular weight is 356 g/mol. The Bertz CT molecular complexity index is 585. The maximum atomic E-state index is 9.73. The molecular formula is C22H33N3O. The van der Waals surface area contributed by atoms with E-state index in [1.807, 2.05) is 30.3 Å². The van der Waals surface area contributed by atoms with E-state index in [9.17, 15) is 5.21 Å². The van der Waals surface area contributed by atoms with Crippen LogP contribution in [-0.2, 0) is 0 Å². The van der Waals surface area contributed by atoms with Gasteiger partial charge in [-0.1, -0.05) is 87.6 Å². The highest BCUT2D eigenvalue weighted by Crippen LogP contribution is 2.30. The van der Waals surface area contributed by atoms with Crippen LogP contribution < -0.4 is 5.43 Å². The Morgan fingerprint density at radius 3 is 1.88 bits per heavy atom. The van der Waals surface area contributed by atoms with Gasteiger partial charge in [0.25, 0.3) is 0 Å². The van der Waals surface area contributed by atoms with Crippen molar-refractivity contribution >= 4 is 17.1 Å². The molecule has 0 unspecified atom stereocenters. The van der Waals surface area contributed by atoms with Crippen LogP contribution in [0.2, 0.25) is 0 Å². The summed E-state index contributed by atoms with van der Waals surface area (Å²) in [5.74, 6) is 1.31. The first-order valence-corrected chi connectivity index (χ1v) is 10.4. The molecule has 0 aromatic heterocycles. The molecule has 4 nitrogen and oxygen atoms in total. The van der Waals surface area contributed by atoms with Gasteiger partial charge in [0.2, 0.25) is 0 Å². The monoisotopic (exact) mass is 355 g/mol. The summed E-state index contributed by atoms with van der Waals surface area (Å²) in [6.45, 7) is 0. The lowest BCUT2D eigenvalue weighted by Gasteiger charge is -2.25. The first-order chi connectivity index (χ1) is 12.8. The lowest BCUT2D eigenvalue weighted by Crippen LogP contribution is -2.24. The number of anilines is 1. The minimum Gasteiger partial charge on any atom is -0.411 e. The predicted molar refractivity (Wildman–Crippen MR) is 109 cm³/mol.